The summed E-state index contributed by atoms with van der Waals surface area (Å²) in [7, 11) is 0. The van der Waals surface area contributed by atoms with E-state index in [0.29, 0.717) is 26.4 Å². The van der Waals surface area contributed by atoms with E-state index in [1.54, 1.807) is 0 Å². The van der Waals surface area contributed by atoms with Crippen LogP contribution >= 0.6 is 0 Å². The molecule has 108 valence electrons. The zero-order valence-corrected chi connectivity index (χ0v) is 12.1. The second-order valence-electron chi connectivity index (χ2n) is 5.10. The van der Waals surface area contributed by atoms with Crippen molar-refractivity contribution in [1.29, 1.82) is 0 Å². The summed E-state index contributed by atoms with van der Waals surface area (Å²) in [5, 5.41) is 0. The van der Waals surface area contributed by atoms with Gasteiger partial charge in [0.25, 0.3) is 0 Å². The van der Waals surface area contributed by atoms with Crippen molar-refractivity contribution < 1.29 is 18.9 Å². The monoisotopic (exact) mass is 260 g/mol. The third-order valence-corrected chi connectivity index (χ3v) is 2.94. The van der Waals surface area contributed by atoms with Gasteiger partial charge in [0.1, 0.15) is 6.61 Å². The Kier molecular flexibility index (Phi) is 7.82. The van der Waals surface area contributed by atoms with Crippen molar-refractivity contribution in [1.82, 2.24) is 0 Å². The fraction of sp³-hybridized carbons (Fsp3) is 1.00. The van der Waals surface area contributed by atoms with Gasteiger partial charge < -0.3 is 18.9 Å². The zero-order valence-electron chi connectivity index (χ0n) is 12.1. The molecule has 1 heterocycles. The molecule has 0 bridgehead atoms. The summed E-state index contributed by atoms with van der Waals surface area (Å²) in [5.74, 6) is -0.631. The van der Waals surface area contributed by atoms with E-state index >= 15 is 0 Å². The second-order valence-corrected chi connectivity index (χ2v) is 5.10. The average molecular weight is 260 g/mol. The fourth-order valence-corrected chi connectivity index (χ4v) is 2.02. The van der Waals surface area contributed by atoms with Crippen LogP contribution in [0, 0.1) is 0 Å². The van der Waals surface area contributed by atoms with Crippen LogP contribution in [0.3, 0.4) is 0 Å². The van der Waals surface area contributed by atoms with Gasteiger partial charge >= 0.3 is 0 Å². The summed E-state index contributed by atoms with van der Waals surface area (Å²) < 4.78 is 22.6. The predicted octanol–water partition coefficient (Wildman–Crippen LogP) is 2.75. The quantitative estimate of drug-likeness (QED) is 0.660. The van der Waals surface area contributed by atoms with Crippen LogP contribution in [0.15, 0.2) is 0 Å². The lowest BCUT2D eigenvalue weighted by molar-refractivity contribution is -0.289. The van der Waals surface area contributed by atoms with Gasteiger partial charge in [0, 0.05) is 6.61 Å². The Balaban J connectivity index is 2.19. The molecule has 0 N–H and O–H groups in total. The first kappa shape index (κ1) is 15.9. The van der Waals surface area contributed by atoms with Crippen LogP contribution in [0.5, 0.6) is 0 Å². The maximum Gasteiger partial charge on any atom is 0.189 e. The van der Waals surface area contributed by atoms with Crippen molar-refractivity contribution in [2.24, 2.45) is 0 Å². The van der Waals surface area contributed by atoms with E-state index in [1.165, 1.54) is 19.3 Å². The number of rotatable bonds is 7. The molecule has 0 amide bonds. The van der Waals surface area contributed by atoms with E-state index in [-0.39, 0.29) is 6.10 Å². The maximum absolute atomic E-state index is 5.83. The summed E-state index contributed by atoms with van der Waals surface area (Å²) in [6.07, 6.45) is 4.92. The number of hydrogen-bond donors (Lipinski definition) is 0. The Morgan fingerprint density at radius 3 is 2.83 bits per heavy atom. The molecule has 1 aliphatic rings. The Labute approximate surface area is 111 Å². The lowest BCUT2D eigenvalue weighted by Gasteiger charge is -2.34. The van der Waals surface area contributed by atoms with Gasteiger partial charge in [0.05, 0.1) is 25.9 Å². The second kappa shape index (κ2) is 8.86. The van der Waals surface area contributed by atoms with Gasteiger partial charge in [0.2, 0.25) is 0 Å². The molecule has 1 aliphatic heterocycles. The average Bonchev–Trinajstić information content (AvgIpc) is 2.31. The van der Waals surface area contributed by atoms with Gasteiger partial charge in [-0.2, -0.15) is 0 Å². The molecule has 2 unspecified atom stereocenters. The van der Waals surface area contributed by atoms with E-state index in [0.717, 1.165) is 13.0 Å². The minimum absolute atomic E-state index is 0.0407. The molecule has 0 aromatic rings. The van der Waals surface area contributed by atoms with Crippen molar-refractivity contribution in [2.45, 2.75) is 58.3 Å². The molecule has 0 radical (unpaired) electrons. The van der Waals surface area contributed by atoms with Crippen LogP contribution in [-0.4, -0.2) is 44.9 Å². The van der Waals surface area contributed by atoms with Crippen molar-refractivity contribution in [3.05, 3.63) is 0 Å². The lowest BCUT2D eigenvalue weighted by Crippen LogP contribution is -2.44. The van der Waals surface area contributed by atoms with Crippen LogP contribution in [0.1, 0.15) is 46.5 Å². The Bertz CT molecular complexity index is 210. The van der Waals surface area contributed by atoms with Crippen molar-refractivity contribution in [2.75, 3.05) is 33.0 Å². The molecule has 18 heavy (non-hydrogen) atoms. The van der Waals surface area contributed by atoms with Gasteiger partial charge in [0.15, 0.2) is 5.79 Å². The molecule has 0 aromatic heterocycles. The van der Waals surface area contributed by atoms with Gasteiger partial charge in [-0.15, -0.1) is 0 Å². The van der Waals surface area contributed by atoms with Crippen molar-refractivity contribution in [3.8, 4) is 0 Å². The summed E-state index contributed by atoms with van der Waals surface area (Å²) >= 11 is 0. The van der Waals surface area contributed by atoms with Gasteiger partial charge in [-0.3, -0.25) is 0 Å². The van der Waals surface area contributed by atoms with Gasteiger partial charge in [-0.1, -0.05) is 26.2 Å². The summed E-state index contributed by atoms with van der Waals surface area (Å²) in [6, 6.07) is 0. The molecule has 1 rings (SSSR count). The van der Waals surface area contributed by atoms with E-state index < -0.39 is 5.79 Å². The topological polar surface area (TPSA) is 36.9 Å². The molecular weight excluding hydrogens is 232 g/mol. The van der Waals surface area contributed by atoms with Crippen molar-refractivity contribution in [3.63, 3.8) is 0 Å². The molecular formula is C14H28O4. The minimum atomic E-state index is -0.631. The Morgan fingerprint density at radius 1 is 1.22 bits per heavy atom. The lowest BCUT2D eigenvalue weighted by atomic mass is 10.2. The summed E-state index contributed by atoms with van der Waals surface area (Å²) in [5.41, 5.74) is 0. The van der Waals surface area contributed by atoms with Gasteiger partial charge in [-0.25, -0.2) is 0 Å². The largest absolute Gasteiger partial charge is 0.376 e. The Morgan fingerprint density at radius 2 is 2.06 bits per heavy atom. The van der Waals surface area contributed by atoms with Crippen molar-refractivity contribution >= 4 is 0 Å². The molecule has 4 nitrogen and oxygen atoms in total. The van der Waals surface area contributed by atoms with E-state index in [4.69, 9.17) is 18.9 Å². The minimum Gasteiger partial charge on any atom is -0.376 e. The van der Waals surface area contributed by atoms with Crippen LogP contribution < -0.4 is 0 Å². The molecule has 2 atom stereocenters. The molecule has 0 spiro atoms. The number of hydrogen-bond acceptors (Lipinski definition) is 4. The van der Waals surface area contributed by atoms with Gasteiger partial charge in [-0.05, 0) is 20.3 Å². The SMILES string of the molecule is CCCCCCOCC1(C)OCCOCC(C)O1. The summed E-state index contributed by atoms with van der Waals surface area (Å²) in [4.78, 5) is 0. The summed E-state index contributed by atoms with van der Waals surface area (Å²) in [6.45, 7) is 9.23. The number of unbranched alkanes of at least 4 members (excludes halogenated alkanes) is 3. The highest BCUT2D eigenvalue weighted by Gasteiger charge is 2.30. The standard InChI is InChI=1S/C14H28O4/c1-4-5-6-7-8-16-12-14(3)17-10-9-15-11-13(2)18-14/h13H,4-12H2,1-3H3. The van der Waals surface area contributed by atoms with Crippen LogP contribution in [-0.2, 0) is 18.9 Å². The smallest absolute Gasteiger partial charge is 0.189 e. The molecule has 0 aromatic carbocycles. The third-order valence-electron chi connectivity index (χ3n) is 2.94. The molecule has 4 heteroatoms. The third kappa shape index (κ3) is 6.69. The highest BCUT2D eigenvalue weighted by atomic mass is 16.7. The molecule has 1 fully saturated rings. The van der Waals surface area contributed by atoms with E-state index in [1.807, 2.05) is 13.8 Å². The fourth-order valence-electron chi connectivity index (χ4n) is 2.02. The molecule has 1 saturated heterocycles. The predicted molar refractivity (Wildman–Crippen MR) is 70.7 cm³/mol. The van der Waals surface area contributed by atoms with Crippen LogP contribution in [0.25, 0.3) is 0 Å². The molecule has 0 aliphatic carbocycles. The Hall–Kier alpha value is -0.160. The first-order valence-electron chi connectivity index (χ1n) is 7.13. The van der Waals surface area contributed by atoms with Crippen LogP contribution in [0.2, 0.25) is 0 Å². The first-order valence-corrected chi connectivity index (χ1v) is 7.13. The normalized spacial score (nSPS) is 29.8. The first-order chi connectivity index (χ1) is 8.66. The van der Waals surface area contributed by atoms with Crippen LogP contribution in [0.4, 0.5) is 0 Å². The van der Waals surface area contributed by atoms with E-state index in [2.05, 4.69) is 6.92 Å². The highest BCUT2D eigenvalue weighted by molar-refractivity contribution is 4.67. The molecule has 0 saturated carbocycles. The zero-order chi connectivity index (χ0) is 13.3. The van der Waals surface area contributed by atoms with E-state index in [9.17, 15) is 0 Å². The highest BCUT2D eigenvalue weighted by Crippen LogP contribution is 2.18. The maximum atomic E-state index is 5.83. The number of ether oxygens (including phenoxy) is 4.